The first-order chi connectivity index (χ1) is 12.0. The monoisotopic (exact) mass is 399 g/mol. The van der Waals surface area contributed by atoms with Gasteiger partial charge < -0.3 is 10.1 Å². The highest BCUT2D eigenvalue weighted by atomic mass is 79.9. The van der Waals surface area contributed by atoms with Gasteiger partial charge in [-0.2, -0.15) is 0 Å². The van der Waals surface area contributed by atoms with Gasteiger partial charge in [0.25, 0.3) is 0 Å². The molecule has 1 heterocycles. The van der Waals surface area contributed by atoms with Crippen LogP contribution in [0.1, 0.15) is 24.2 Å². The smallest absolute Gasteiger partial charge is 0.338 e. The molecule has 0 bridgehead atoms. The summed E-state index contributed by atoms with van der Waals surface area (Å²) in [6.45, 7) is 4.43. The van der Waals surface area contributed by atoms with Crippen LogP contribution in [0.3, 0.4) is 0 Å². The van der Waals surface area contributed by atoms with Crippen LogP contribution in [-0.2, 0) is 4.74 Å². The normalized spacial score (nSPS) is 10.9. The molecule has 0 saturated heterocycles. The van der Waals surface area contributed by atoms with Gasteiger partial charge in [0.05, 0.1) is 17.7 Å². The van der Waals surface area contributed by atoms with E-state index in [-0.39, 0.29) is 5.97 Å². The molecule has 128 valence electrons. The number of hydrogen-bond acceptors (Lipinski definition) is 5. The van der Waals surface area contributed by atoms with Crippen molar-refractivity contribution in [1.29, 1.82) is 0 Å². The van der Waals surface area contributed by atoms with Crippen molar-refractivity contribution in [3.8, 4) is 0 Å². The van der Waals surface area contributed by atoms with Crippen LogP contribution in [0.25, 0.3) is 10.9 Å². The number of fused-ring (bicyclic) bond motifs is 1. The summed E-state index contributed by atoms with van der Waals surface area (Å²) in [5, 5.41) is 4.18. The highest BCUT2D eigenvalue weighted by molar-refractivity contribution is 9.10. The van der Waals surface area contributed by atoms with Crippen LogP contribution in [0.5, 0.6) is 0 Å². The van der Waals surface area contributed by atoms with Gasteiger partial charge in [-0.25, -0.2) is 14.8 Å². The first-order valence-corrected chi connectivity index (χ1v) is 8.76. The van der Waals surface area contributed by atoms with Crippen LogP contribution in [0.2, 0.25) is 0 Å². The van der Waals surface area contributed by atoms with Gasteiger partial charge in [0, 0.05) is 15.5 Å². The first-order valence-electron chi connectivity index (χ1n) is 7.97. The fourth-order valence-corrected chi connectivity index (χ4v) is 2.64. The minimum atomic E-state index is -0.309. The maximum atomic E-state index is 12.0. The van der Waals surface area contributed by atoms with E-state index in [0.29, 0.717) is 23.9 Å². The Balaban J connectivity index is 1.78. The number of halogens is 1. The molecule has 3 rings (SSSR count). The minimum absolute atomic E-state index is 0.309. The maximum Gasteiger partial charge on any atom is 0.338 e. The van der Waals surface area contributed by atoms with Crippen molar-refractivity contribution in [2.75, 3.05) is 11.9 Å². The summed E-state index contributed by atoms with van der Waals surface area (Å²) in [4.78, 5) is 20.5. The number of carbonyl (C=O) groups is 1. The SMILES string of the molecule is CC(C)COC(=O)c1ccc(Nc2ncnc3ccc(Br)cc23)cc1. The Morgan fingerprint density at radius 1 is 1.16 bits per heavy atom. The van der Waals surface area contributed by atoms with Crippen molar-refractivity contribution in [2.24, 2.45) is 5.92 Å². The van der Waals surface area contributed by atoms with E-state index in [0.717, 1.165) is 21.1 Å². The molecule has 1 N–H and O–H groups in total. The van der Waals surface area contributed by atoms with Crippen LogP contribution >= 0.6 is 15.9 Å². The van der Waals surface area contributed by atoms with Gasteiger partial charge in [-0.15, -0.1) is 0 Å². The highest BCUT2D eigenvalue weighted by Crippen LogP contribution is 2.26. The third-order valence-electron chi connectivity index (χ3n) is 3.53. The molecule has 0 radical (unpaired) electrons. The van der Waals surface area contributed by atoms with E-state index < -0.39 is 0 Å². The van der Waals surface area contributed by atoms with Crippen molar-refractivity contribution in [3.05, 3.63) is 58.8 Å². The second-order valence-electron chi connectivity index (χ2n) is 6.08. The zero-order valence-electron chi connectivity index (χ0n) is 14.0. The largest absolute Gasteiger partial charge is 0.462 e. The Bertz CT molecular complexity index is 895. The summed E-state index contributed by atoms with van der Waals surface area (Å²) in [5.74, 6) is 0.716. The van der Waals surface area contributed by atoms with Crippen molar-refractivity contribution >= 4 is 44.3 Å². The Kier molecular flexibility index (Phi) is 5.28. The van der Waals surface area contributed by atoms with E-state index in [1.165, 1.54) is 6.33 Å². The molecule has 0 aliphatic carbocycles. The molecule has 0 unspecified atom stereocenters. The molecule has 6 heteroatoms. The first kappa shape index (κ1) is 17.4. The lowest BCUT2D eigenvalue weighted by molar-refractivity contribution is 0.0459. The van der Waals surface area contributed by atoms with E-state index in [1.807, 2.05) is 44.2 Å². The van der Waals surface area contributed by atoms with Crippen LogP contribution in [-0.4, -0.2) is 22.5 Å². The average Bonchev–Trinajstić information content (AvgIpc) is 2.61. The predicted octanol–water partition coefficient (Wildman–Crippen LogP) is 4.95. The number of esters is 1. The number of nitrogens with one attached hydrogen (secondary N) is 1. The molecular formula is C19H18BrN3O2. The van der Waals surface area contributed by atoms with Crippen molar-refractivity contribution in [2.45, 2.75) is 13.8 Å². The number of rotatable bonds is 5. The highest BCUT2D eigenvalue weighted by Gasteiger charge is 2.09. The second kappa shape index (κ2) is 7.61. The average molecular weight is 400 g/mol. The summed E-state index contributed by atoms with van der Waals surface area (Å²) < 4.78 is 6.19. The number of aromatic nitrogens is 2. The van der Waals surface area contributed by atoms with Gasteiger partial charge in [-0.1, -0.05) is 29.8 Å². The lowest BCUT2D eigenvalue weighted by atomic mass is 10.2. The van der Waals surface area contributed by atoms with Gasteiger partial charge >= 0.3 is 5.97 Å². The third kappa shape index (κ3) is 4.33. The van der Waals surface area contributed by atoms with E-state index in [4.69, 9.17) is 4.74 Å². The molecule has 0 amide bonds. The molecule has 0 atom stereocenters. The van der Waals surface area contributed by atoms with Crippen molar-refractivity contribution in [1.82, 2.24) is 9.97 Å². The van der Waals surface area contributed by atoms with Crippen LogP contribution in [0.4, 0.5) is 11.5 Å². The zero-order valence-corrected chi connectivity index (χ0v) is 15.6. The van der Waals surface area contributed by atoms with Crippen LogP contribution in [0, 0.1) is 5.92 Å². The van der Waals surface area contributed by atoms with Gasteiger partial charge in [0.15, 0.2) is 0 Å². The molecule has 1 aromatic heterocycles. The molecule has 0 spiro atoms. The molecule has 0 aliphatic heterocycles. The maximum absolute atomic E-state index is 12.0. The number of hydrogen-bond donors (Lipinski definition) is 1. The topological polar surface area (TPSA) is 64.1 Å². The van der Waals surface area contributed by atoms with Gasteiger partial charge in [0.1, 0.15) is 12.1 Å². The van der Waals surface area contributed by atoms with Crippen LogP contribution in [0.15, 0.2) is 53.3 Å². The Morgan fingerprint density at radius 2 is 1.92 bits per heavy atom. The molecule has 25 heavy (non-hydrogen) atoms. The van der Waals surface area contributed by atoms with Crippen molar-refractivity contribution in [3.63, 3.8) is 0 Å². The van der Waals surface area contributed by atoms with E-state index in [1.54, 1.807) is 12.1 Å². The Labute approximate surface area is 154 Å². The Hall–Kier alpha value is -2.47. The van der Waals surface area contributed by atoms with Gasteiger partial charge in [-0.3, -0.25) is 0 Å². The van der Waals surface area contributed by atoms with E-state index in [2.05, 4.69) is 31.2 Å². The molecule has 0 saturated carbocycles. The molecule has 2 aromatic carbocycles. The number of anilines is 2. The lowest BCUT2D eigenvalue weighted by Crippen LogP contribution is -2.10. The molecule has 0 fully saturated rings. The summed E-state index contributed by atoms with van der Waals surface area (Å²) in [6, 6.07) is 13.0. The predicted molar refractivity (Wildman–Crippen MR) is 102 cm³/mol. The standard InChI is InChI=1S/C19H18BrN3O2/c1-12(2)10-25-19(24)13-3-6-15(7-4-13)23-18-16-9-14(20)5-8-17(16)21-11-22-18/h3-9,11-12H,10H2,1-2H3,(H,21,22,23). The quantitative estimate of drug-likeness (QED) is 0.614. The summed E-state index contributed by atoms with van der Waals surface area (Å²) >= 11 is 3.47. The fraction of sp³-hybridized carbons (Fsp3) is 0.211. The molecular weight excluding hydrogens is 382 g/mol. The molecule has 0 aliphatic rings. The number of ether oxygens (including phenoxy) is 1. The minimum Gasteiger partial charge on any atom is -0.462 e. The number of nitrogens with zero attached hydrogens (tertiary/aromatic N) is 2. The van der Waals surface area contributed by atoms with Crippen LogP contribution < -0.4 is 5.32 Å². The summed E-state index contributed by atoms with van der Waals surface area (Å²) in [5.41, 5.74) is 2.22. The third-order valence-corrected chi connectivity index (χ3v) is 4.02. The van der Waals surface area contributed by atoms with E-state index in [9.17, 15) is 4.79 Å². The van der Waals surface area contributed by atoms with E-state index >= 15 is 0 Å². The number of carbonyl (C=O) groups excluding carboxylic acids is 1. The zero-order chi connectivity index (χ0) is 17.8. The molecule has 5 nitrogen and oxygen atoms in total. The second-order valence-corrected chi connectivity index (χ2v) is 6.99. The molecule has 3 aromatic rings. The Morgan fingerprint density at radius 3 is 2.64 bits per heavy atom. The lowest BCUT2D eigenvalue weighted by Gasteiger charge is -2.10. The fourth-order valence-electron chi connectivity index (χ4n) is 2.28. The van der Waals surface area contributed by atoms with Gasteiger partial charge in [-0.05, 0) is 48.4 Å². The van der Waals surface area contributed by atoms with Gasteiger partial charge in [0.2, 0.25) is 0 Å². The summed E-state index contributed by atoms with van der Waals surface area (Å²) in [6.07, 6.45) is 1.52. The summed E-state index contributed by atoms with van der Waals surface area (Å²) in [7, 11) is 0. The van der Waals surface area contributed by atoms with Crippen molar-refractivity contribution < 1.29 is 9.53 Å². The number of benzene rings is 2.